The summed E-state index contributed by atoms with van der Waals surface area (Å²) in [4.78, 5) is 29.2. The molecule has 0 aliphatic heterocycles. The number of Topliss-reactive ketones (excluding diaryl/α,β-unsaturated/α-hetero) is 1. The molecule has 0 amide bonds. The highest BCUT2D eigenvalue weighted by Gasteiger charge is 2.28. The van der Waals surface area contributed by atoms with Gasteiger partial charge in [-0.2, -0.15) is 0 Å². The SMILES string of the molecule is Cc1cc(C(=O)COC(=O)c2csc(-c3cccc(Cl)c3)n2)c(C)n1C1CC1. The smallest absolute Gasteiger partial charge is 0.358 e. The van der Waals surface area contributed by atoms with Crippen molar-refractivity contribution in [3.05, 3.63) is 63.4 Å². The Balaban J connectivity index is 1.42. The van der Waals surface area contributed by atoms with Gasteiger partial charge in [0.15, 0.2) is 12.3 Å². The van der Waals surface area contributed by atoms with Crippen LogP contribution in [0.3, 0.4) is 0 Å². The number of esters is 1. The van der Waals surface area contributed by atoms with Gasteiger partial charge in [-0.05, 0) is 44.9 Å². The lowest BCUT2D eigenvalue weighted by molar-refractivity contribution is 0.0469. The molecule has 0 bridgehead atoms. The predicted octanol–water partition coefficient (Wildman–Crippen LogP) is 5.26. The van der Waals surface area contributed by atoms with Crippen LogP contribution in [0, 0.1) is 13.8 Å². The van der Waals surface area contributed by atoms with E-state index in [1.54, 1.807) is 17.5 Å². The van der Waals surface area contributed by atoms with Gasteiger partial charge in [0, 0.05) is 39.0 Å². The maximum Gasteiger partial charge on any atom is 0.358 e. The number of aryl methyl sites for hydroxylation is 1. The molecule has 1 aliphatic rings. The molecule has 2 heterocycles. The van der Waals surface area contributed by atoms with Gasteiger partial charge in [-0.1, -0.05) is 23.7 Å². The first-order valence-corrected chi connectivity index (χ1v) is 10.3. The summed E-state index contributed by atoms with van der Waals surface area (Å²) in [5.41, 5.74) is 3.66. The lowest BCUT2D eigenvalue weighted by Crippen LogP contribution is -2.15. The van der Waals surface area contributed by atoms with Gasteiger partial charge in [-0.15, -0.1) is 11.3 Å². The zero-order valence-electron chi connectivity index (χ0n) is 15.6. The summed E-state index contributed by atoms with van der Waals surface area (Å²) >= 11 is 7.33. The first-order chi connectivity index (χ1) is 13.4. The minimum Gasteiger partial charge on any atom is -0.453 e. The maximum absolute atomic E-state index is 12.6. The molecule has 5 nitrogen and oxygen atoms in total. The van der Waals surface area contributed by atoms with Crippen LogP contribution in [0.5, 0.6) is 0 Å². The van der Waals surface area contributed by atoms with Crippen LogP contribution in [0.1, 0.15) is 51.1 Å². The Bertz CT molecular complexity index is 1070. The molecule has 28 heavy (non-hydrogen) atoms. The molecule has 0 atom stereocenters. The number of hydrogen-bond donors (Lipinski definition) is 0. The van der Waals surface area contributed by atoms with Crippen molar-refractivity contribution in [3.8, 4) is 10.6 Å². The highest BCUT2D eigenvalue weighted by molar-refractivity contribution is 7.13. The average molecular weight is 415 g/mol. The molecule has 1 aromatic carbocycles. The largest absolute Gasteiger partial charge is 0.453 e. The summed E-state index contributed by atoms with van der Waals surface area (Å²) in [5.74, 6) is -0.799. The predicted molar refractivity (Wildman–Crippen MR) is 109 cm³/mol. The summed E-state index contributed by atoms with van der Waals surface area (Å²) in [6.45, 7) is 3.65. The fourth-order valence-electron chi connectivity index (χ4n) is 3.36. The highest BCUT2D eigenvalue weighted by Crippen LogP contribution is 2.38. The number of ether oxygens (including phenoxy) is 1. The number of benzene rings is 1. The van der Waals surface area contributed by atoms with E-state index >= 15 is 0 Å². The van der Waals surface area contributed by atoms with E-state index in [9.17, 15) is 9.59 Å². The van der Waals surface area contributed by atoms with Crippen LogP contribution in [0.25, 0.3) is 10.6 Å². The molecule has 2 aromatic heterocycles. The second kappa shape index (κ2) is 7.53. The van der Waals surface area contributed by atoms with Crippen molar-refractivity contribution < 1.29 is 14.3 Å². The monoisotopic (exact) mass is 414 g/mol. The molecule has 0 saturated heterocycles. The van der Waals surface area contributed by atoms with Crippen molar-refractivity contribution in [3.63, 3.8) is 0 Å². The molecule has 7 heteroatoms. The Morgan fingerprint density at radius 2 is 2.07 bits per heavy atom. The van der Waals surface area contributed by atoms with Gasteiger partial charge in [0.05, 0.1) is 0 Å². The minimum absolute atomic E-state index is 0.191. The zero-order chi connectivity index (χ0) is 19.8. The van der Waals surface area contributed by atoms with E-state index in [4.69, 9.17) is 16.3 Å². The summed E-state index contributed by atoms with van der Waals surface area (Å²) < 4.78 is 7.42. The Morgan fingerprint density at radius 3 is 2.79 bits per heavy atom. The molecule has 0 N–H and O–H groups in total. The second-order valence-electron chi connectivity index (χ2n) is 6.93. The van der Waals surface area contributed by atoms with Crippen molar-refractivity contribution in [2.75, 3.05) is 6.61 Å². The first-order valence-electron chi connectivity index (χ1n) is 9.04. The van der Waals surface area contributed by atoms with Crippen molar-refractivity contribution in [2.24, 2.45) is 0 Å². The highest BCUT2D eigenvalue weighted by atomic mass is 35.5. The van der Waals surface area contributed by atoms with Crippen molar-refractivity contribution >= 4 is 34.7 Å². The maximum atomic E-state index is 12.6. The summed E-state index contributed by atoms with van der Waals surface area (Å²) in [6.07, 6.45) is 2.30. The van der Waals surface area contributed by atoms with Crippen LogP contribution in [-0.4, -0.2) is 27.9 Å². The number of ketones is 1. The molecular formula is C21H19ClN2O3S. The molecule has 1 aliphatic carbocycles. The van der Waals surface area contributed by atoms with Crippen molar-refractivity contribution in [1.82, 2.24) is 9.55 Å². The molecule has 1 saturated carbocycles. The average Bonchev–Trinajstić information content (AvgIpc) is 3.28. The Hall–Kier alpha value is -2.44. The lowest BCUT2D eigenvalue weighted by atomic mass is 10.1. The minimum atomic E-state index is -0.603. The van der Waals surface area contributed by atoms with Crippen molar-refractivity contribution in [2.45, 2.75) is 32.7 Å². The number of halogens is 1. The van der Waals surface area contributed by atoms with Crippen LogP contribution in [0.15, 0.2) is 35.7 Å². The number of aromatic nitrogens is 2. The third-order valence-corrected chi connectivity index (χ3v) is 5.94. The molecule has 0 spiro atoms. The third-order valence-electron chi connectivity index (χ3n) is 4.82. The van der Waals surface area contributed by atoms with Crippen LogP contribution >= 0.6 is 22.9 Å². The third kappa shape index (κ3) is 3.75. The van der Waals surface area contributed by atoms with E-state index < -0.39 is 5.97 Å². The Kier molecular flexibility index (Phi) is 5.08. The topological polar surface area (TPSA) is 61.2 Å². The lowest BCUT2D eigenvalue weighted by Gasteiger charge is -2.07. The number of nitrogens with zero attached hydrogens (tertiary/aromatic N) is 2. The summed E-state index contributed by atoms with van der Waals surface area (Å²) in [7, 11) is 0. The summed E-state index contributed by atoms with van der Waals surface area (Å²) in [5, 5.41) is 2.90. The quantitative estimate of drug-likeness (QED) is 0.408. The Labute approximate surface area is 171 Å². The van der Waals surface area contributed by atoms with E-state index in [-0.39, 0.29) is 18.1 Å². The van der Waals surface area contributed by atoms with Crippen LogP contribution in [-0.2, 0) is 4.74 Å². The Morgan fingerprint density at radius 1 is 1.29 bits per heavy atom. The second-order valence-corrected chi connectivity index (χ2v) is 8.23. The number of thiazole rings is 1. The van der Waals surface area contributed by atoms with Gasteiger partial charge in [0.25, 0.3) is 0 Å². The number of hydrogen-bond acceptors (Lipinski definition) is 5. The van der Waals surface area contributed by atoms with Gasteiger partial charge < -0.3 is 9.30 Å². The van der Waals surface area contributed by atoms with E-state index in [0.717, 1.165) is 29.8 Å². The van der Waals surface area contributed by atoms with Gasteiger partial charge in [-0.3, -0.25) is 4.79 Å². The van der Waals surface area contributed by atoms with Crippen molar-refractivity contribution in [1.29, 1.82) is 0 Å². The normalized spacial score (nSPS) is 13.5. The number of carbonyl (C=O) groups is 2. The van der Waals surface area contributed by atoms with Crippen LogP contribution in [0.2, 0.25) is 5.02 Å². The van der Waals surface area contributed by atoms with Gasteiger partial charge in [0.2, 0.25) is 5.78 Å². The summed E-state index contributed by atoms with van der Waals surface area (Å²) in [6, 6.07) is 9.65. The molecule has 4 rings (SSSR count). The molecule has 144 valence electrons. The van der Waals surface area contributed by atoms with E-state index in [2.05, 4.69) is 9.55 Å². The molecule has 1 fully saturated rings. The van der Waals surface area contributed by atoms with E-state index in [0.29, 0.717) is 21.6 Å². The molecular weight excluding hydrogens is 396 g/mol. The molecule has 0 radical (unpaired) electrons. The number of rotatable bonds is 6. The zero-order valence-corrected chi connectivity index (χ0v) is 17.1. The number of carbonyl (C=O) groups excluding carboxylic acids is 2. The van der Waals surface area contributed by atoms with Gasteiger partial charge in [-0.25, -0.2) is 9.78 Å². The first kappa shape index (κ1) is 18.9. The molecule has 3 aromatic rings. The van der Waals surface area contributed by atoms with Crippen LogP contribution < -0.4 is 0 Å². The fraction of sp³-hybridized carbons (Fsp3) is 0.286. The van der Waals surface area contributed by atoms with Gasteiger partial charge >= 0.3 is 5.97 Å². The standard InChI is InChI=1S/C21H19ClN2O3S/c1-12-8-17(13(2)24(12)16-6-7-16)19(25)10-27-21(26)18-11-28-20(23-18)14-4-3-5-15(22)9-14/h3-5,8-9,11,16H,6-7,10H2,1-2H3. The van der Waals surface area contributed by atoms with E-state index in [1.165, 1.54) is 11.3 Å². The van der Waals surface area contributed by atoms with Gasteiger partial charge in [0.1, 0.15) is 5.01 Å². The van der Waals surface area contributed by atoms with Crippen LogP contribution in [0.4, 0.5) is 0 Å². The fourth-order valence-corrected chi connectivity index (χ4v) is 4.33. The molecule has 0 unspecified atom stereocenters. The van der Waals surface area contributed by atoms with E-state index in [1.807, 2.05) is 32.0 Å².